The summed E-state index contributed by atoms with van der Waals surface area (Å²) in [4.78, 5) is 4.51. The predicted octanol–water partition coefficient (Wildman–Crippen LogP) is 1.97. The molecule has 0 atom stereocenters. The van der Waals surface area contributed by atoms with E-state index in [1.54, 1.807) is 21.0 Å². The Morgan fingerprint density at radius 1 is 1.38 bits per heavy atom. The van der Waals surface area contributed by atoms with Crippen LogP contribution >= 0.6 is 0 Å². The lowest BCUT2D eigenvalue weighted by Crippen LogP contribution is -2.35. The van der Waals surface area contributed by atoms with Crippen LogP contribution in [0.2, 0.25) is 0 Å². The summed E-state index contributed by atoms with van der Waals surface area (Å²) in [6.07, 6.45) is 0. The van der Waals surface area contributed by atoms with Crippen molar-refractivity contribution in [3.8, 4) is 5.75 Å². The summed E-state index contributed by atoms with van der Waals surface area (Å²) in [6, 6.07) is 7.75. The average Bonchev–Trinajstić information content (AvgIpc) is 2.79. The van der Waals surface area contributed by atoms with E-state index in [4.69, 9.17) is 20.3 Å². The van der Waals surface area contributed by atoms with Crippen molar-refractivity contribution in [3.63, 3.8) is 0 Å². The van der Waals surface area contributed by atoms with Gasteiger partial charge in [-0.3, -0.25) is 0 Å². The van der Waals surface area contributed by atoms with Crippen molar-refractivity contribution in [2.75, 3.05) is 20.3 Å². The van der Waals surface area contributed by atoms with Crippen LogP contribution in [0.1, 0.15) is 33.3 Å². The summed E-state index contributed by atoms with van der Waals surface area (Å²) in [5, 5.41) is 8.28. The van der Waals surface area contributed by atoms with Crippen molar-refractivity contribution in [3.05, 3.63) is 29.8 Å². The molecule has 1 aromatic carbocycles. The van der Waals surface area contributed by atoms with Crippen LogP contribution in [0.25, 0.3) is 0 Å². The highest BCUT2D eigenvalue weighted by molar-refractivity contribution is 5.98. The fourth-order valence-electron chi connectivity index (χ4n) is 1.54. The Kier molecular flexibility index (Phi) is 5.75. The zero-order valence-corrected chi connectivity index (χ0v) is 13.5. The van der Waals surface area contributed by atoms with Crippen LogP contribution in [0.15, 0.2) is 29.3 Å². The molecule has 118 valence electrons. The second-order valence-corrected chi connectivity index (χ2v) is 6.37. The van der Waals surface area contributed by atoms with Crippen molar-refractivity contribution in [1.82, 2.24) is 0 Å². The number of hydrogen-bond donors (Lipinski definition) is 2. The Morgan fingerprint density at radius 3 is 2.38 bits per heavy atom. The van der Waals surface area contributed by atoms with Crippen LogP contribution in [-0.2, 0) is 4.74 Å². The molecule has 1 aromatic rings. The van der Waals surface area contributed by atoms with E-state index in [0.29, 0.717) is 12.5 Å². The van der Waals surface area contributed by atoms with Gasteiger partial charge in [-0.15, -0.1) is 0 Å². The molecule has 0 bridgehead atoms. The van der Waals surface area contributed by atoms with Gasteiger partial charge in [0.15, 0.2) is 0 Å². The van der Waals surface area contributed by atoms with Crippen molar-refractivity contribution in [2.45, 2.75) is 38.8 Å². The Balaban J connectivity index is 0.000000315. The maximum atomic E-state index is 8.28. The van der Waals surface area contributed by atoms with Crippen LogP contribution in [0, 0.1) is 0 Å². The maximum absolute atomic E-state index is 8.28. The number of hydrogen-bond acceptors (Lipinski definition) is 5. The van der Waals surface area contributed by atoms with Gasteiger partial charge in [0.05, 0.1) is 24.8 Å². The first-order chi connectivity index (χ1) is 9.68. The summed E-state index contributed by atoms with van der Waals surface area (Å²) in [5.41, 5.74) is 5.67. The minimum Gasteiger partial charge on any atom is -0.496 e. The number of rotatable bonds is 3. The van der Waals surface area contributed by atoms with Crippen LogP contribution in [0.4, 0.5) is 0 Å². The van der Waals surface area contributed by atoms with Gasteiger partial charge in [0.2, 0.25) is 5.90 Å². The second-order valence-electron chi connectivity index (χ2n) is 6.37. The second kappa shape index (κ2) is 6.91. The van der Waals surface area contributed by atoms with E-state index in [9.17, 15) is 0 Å². The minimum absolute atomic E-state index is 0.0486. The van der Waals surface area contributed by atoms with Gasteiger partial charge in [-0.25, -0.2) is 4.99 Å². The summed E-state index contributed by atoms with van der Waals surface area (Å²) in [7, 11) is 1.65. The van der Waals surface area contributed by atoms with E-state index in [1.165, 1.54) is 0 Å². The van der Waals surface area contributed by atoms with Crippen molar-refractivity contribution in [2.24, 2.45) is 10.7 Å². The van der Waals surface area contributed by atoms with E-state index in [0.717, 1.165) is 11.3 Å². The predicted molar refractivity (Wildman–Crippen MR) is 84.9 cm³/mol. The van der Waals surface area contributed by atoms with Crippen LogP contribution < -0.4 is 10.5 Å². The quantitative estimate of drug-likeness (QED) is 0.893. The van der Waals surface area contributed by atoms with Gasteiger partial charge >= 0.3 is 0 Å². The first-order valence-corrected chi connectivity index (χ1v) is 6.94. The van der Waals surface area contributed by atoms with Crippen molar-refractivity contribution >= 4 is 5.90 Å². The number of para-hydroxylation sites is 1. The van der Waals surface area contributed by atoms with E-state index >= 15 is 0 Å². The molecule has 0 fully saturated rings. The third kappa shape index (κ3) is 5.73. The molecule has 0 unspecified atom stereocenters. The summed E-state index contributed by atoms with van der Waals surface area (Å²) in [5.74, 6) is 1.48. The monoisotopic (exact) mass is 294 g/mol. The zero-order valence-electron chi connectivity index (χ0n) is 13.5. The number of aliphatic imine (C=N–C) groups is 1. The fraction of sp³-hybridized carbons (Fsp3) is 0.562. The van der Waals surface area contributed by atoms with E-state index in [2.05, 4.69) is 18.8 Å². The standard InChI is InChI=1S/C12H15NO2.C4H11NO/c1-12(2)8-15-11(13-12)9-6-4-5-7-10(9)14-3;1-4(2,5)3-6/h4-7H,8H2,1-3H3;6H,3,5H2,1-2H3. The number of aliphatic hydroxyl groups is 1. The topological polar surface area (TPSA) is 77.1 Å². The molecule has 21 heavy (non-hydrogen) atoms. The number of nitrogens with two attached hydrogens (primary N) is 1. The highest BCUT2D eigenvalue weighted by atomic mass is 16.5. The molecule has 1 aliphatic rings. The lowest BCUT2D eigenvalue weighted by Gasteiger charge is -2.12. The molecular formula is C16H26N2O3. The van der Waals surface area contributed by atoms with Gasteiger partial charge in [0.1, 0.15) is 12.4 Å². The normalized spacial score (nSPS) is 16.4. The van der Waals surface area contributed by atoms with Gasteiger partial charge in [0.25, 0.3) is 0 Å². The largest absolute Gasteiger partial charge is 0.496 e. The molecular weight excluding hydrogens is 268 g/mol. The molecule has 0 spiro atoms. The minimum atomic E-state index is -0.403. The fourth-order valence-corrected chi connectivity index (χ4v) is 1.54. The molecule has 0 amide bonds. The molecule has 5 nitrogen and oxygen atoms in total. The zero-order chi connectivity index (χ0) is 16.1. The number of ether oxygens (including phenoxy) is 2. The Morgan fingerprint density at radius 2 is 1.95 bits per heavy atom. The molecule has 1 aliphatic heterocycles. The third-order valence-electron chi connectivity index (χ3n) is 2.71. The van der Waals surface area contributed by atoms with Crippen LogP contribution in [0.3, 0.4) is 0 Å². The number of nitrogens with zero attached hydrogens (tertiary/aromatic N) is 1. The highest BCUT2D eigenvalue weighted by Gasteiger charge is 2.28. The number of methoxy groups -OCH3 is 1. The molecule has 5 heteroatoms. The Bertz CT molecular complexity index is 491. The average molecular weight is 294 g/mol. The van der Waals surface area contributed by atoms with Gasteiger partial charge in [-0.05, 0) is 39.8 Å². The molecule has 0 saturated heterocycles. The summed E-state index contributed by atoms with van der Waals surface area (Å²) in [6.45, 7) is 8.32. The molecule has 0 aromatic heterocycles. The lowest BCUT2D eigenvalue weighted by atomic mass is 10.1. The molecule has 3 N–H and O–H groups in total. The summed E-state index contributed by atoms with van der Waals surface area (Å²) >= 11 is 0. The molecule has 0 saturated carbocycles. The van der Waals surface area contributed by atoms with Crippen molar-refractivity contribution in [1.29, 1.82) is 0 Å². The molecule has 2 rings (SSSR count). The Hall–Kier alpha value is -1.59. The van der Waals surface area contributed by atoms with Crippen LogP contribution in [-0.4, -0.2) is 42.4 Å². The highest BCUT2D eigenvalue weighted by Crippen LogP contribution is 2.25. The molecule has 1 heterocycles. The van der Waals surface area contributed by atoms with E-state index < -0.39 is 5.54 Å². The van der Waals surface area contributed by atoms with Crippen molar-refractivity contribution < 1.29 is 14.6 Å². The first kappa shape index (κ1) is 17.5. The van der Waals surface area contributed by atoms with Gasteiger partial charge in [-0.1, -0.05) is 12.1 Å². The lowest BCUT2D eigenvalue weighted by molar-refractivity contribution is 0.221. The molecule has 0 radical (unpaired) electrons. The molecule has 0 aliphatic carbocycles. The third-order valence-corrected chi connectivity index (χ3v) is 2.71. The van der Waals surface area contributed by atoms with Gasteiger partial charge in [0, 0.05) is 5.54 Å². The maximum Gasteiger partial charge on any atom is 0.220 e. The summed E-state index contributed by atoms with van der Waals surface area (Å²) < 4.78 is 10.8. The SMILES string of the molecule is CC(C)(N)CO.COc1ccccc1C1=NC(C)(C)CO1. The van der Waals surface area contributed by atoms with Gasteiger partial charge < -0.3 is 20.3 Å². The van der Waals surface area contributed by atoms with Crippen LogP contribution in [0.5, 0.6) is 5.75 Å². The Labute approximate surface area is 126 Å². The number of aliphatic hydroxyl groups excluding tert-OH is 1. The first-order valence-electron chi connectivity index (χ1n) is 6.94. The van der Waals surface area contributed by atoms with E-state index in [-0.39, 0.29) is 12.1 Å². The number of benzene rings is 1. The van der Waals surface area contributed by atoms with E-state index in [1.807, 2.05) is 24.3 Å². The van der Waals surface area contributed by atoms with Gasteiger partial charge in [-0.2, -0.15) is 0 Å². The smallest absolute Gasteiger partial charge is 0.220 e.